The summed E-state index contributed by atoms with van der Waals surface area (Å²) in [5.41, 5.74) is -1.53. The zero-order valence-corrected chi connectivity index (χ0v) is 27.9. The van der Waals surface area contributed by atoms with Crippen molar-refractivity contribution in [2.45, 2.75) is 76.0 Å². The van der Waals surface area contributed by atoms with E-state index in [4.69, 9.17) is 9.47 Å². The third kappa shape index (κ3) is 8.80. The minimum absolute atomic E-state index is 0.107. The molecular formula is C32H46N4O7S. The highest BCUT2D eigenvalue weighted by atomic mass is 32.2. The van der Waals surface area contributed by atoms with Gasteiger partial charge in [0.1, 0.15) is 11.4 Å². The molecule has 0 saturated carbocycles. The van der Waals surface area contributed by atoms with Crippen LogP contribution in [0.1, 0.15) is 51.7 Å². The van der Waals surface area contributed by atoms with E-state index in [1.165, 1.54) is 24.0 Å². The van der Waals surface area contributed by atoms with Gasteiger partial charge in [0.05, 0.1) is 10.9 Å². The molecule has 1 heterocycles. The summed E-state index contributed by atoms with van der Waals surface area (Å²) < 4.78 is 40.5. The molecule has 2 amide bonds. The van der Waals surface area contributed by atoms with E-state index >= 15 is 0 Å². The van der Waals surface area contributed by atoms with Gasteiger partial charge in [-0.15, -0.1) is 0 Å². The summed E-state index contributed by atoms with van der Waals surface area (Å²) in [6, 6.07) is 11.8. The normalized spacial score (nSPS) is 16.7. The van der Waals surface area contributed by atoms with Crippen LogP contribution in [0.4, 0.5) is 4.79 Å². The Bertz CT molecular complexity index is 1410. The summed E-state index contributed by atoms with van der Waals surface area (Å²) in [5.74, 6) is -1.29. The summed E-state index contributed by atoms with van der Waals surface area (Å²) >= 11 is 0. The molecule has 2 atom stereocenters. The van der Waals surface area contributed by atoms with Crippen LogP contribution in [0, 0.1) is 6.92 Å². The number of nitrogens with one attached hydrogen (secondary N) is 1. The van der Waals surface area contributed by atoms with Gasteiger partial charge < -0.3 is 24.6 Å². The second-order valence-electron chi connectivity index (χ2n) is 12.8. The molecule has 1 aliphatic heterocycles. The van der Waals surface area contributed by atoms with Gasteiger partial charge in [-0.3, -0.25) is 4.79 Å². The van der Waals surface area contributed by atoms with Crippen LogP contribution in [0.3, 0.4) is 0 Å². The van der Waals surface area contributed by atoms with Crippen molar-refractivity contribution < 1.29 is 32.3 Å². The largest absolute Gasteiger partial charge is 0.458 e. The zero-order chi connectivity index (χ0) is 32.9. The monoisotopic (exact) mass is 630 g/mol. The maximum atomic E-state index is 14.3. The van der Waals surface area contributed by atoms with Crippen LogP contribution < -0.4 is 10.1 Å². The van der Waals surface area contributed by atoms with Gasteiger partial charge in [0.2, 0.25) is 0 Å². The Morgan fingerprint density at radius 1 is 0.932 bits per heavy atom. The molecule has 0 spiro atoms. The van der Waals surface area contributed by atoms with E-state index in [1.54, 1.807) is 64.2 Å². The highest BCUT2D eigenvalue weighted by molar-refractivity contribution is 7.89. The number of ether oxygens (including phenoxy) is 2. The summed E-state index contributed by atoms with van der Waals surface area (Å²) in [5, 5.41) is 3.08. The third-order valence-corrected chi connectivity index (χ3v) is 9.21. The van der Waals surface area contributed by atoms with Gasteiger partial charge in [-0.05, 0) is 97.9 Å². The van der Waals surface area contributed by atoms with E-state index in [0.29, 0.717) is 38.0 Å². The fourth-order valence-corrected chi connectivity index (χ4v) is 6.51. The minimum Gasteiger partial charge on any atom is -0.458 e. The number of benzene rings is 2. The average molecular weight is 631 g/mol. The quantitative estimate of drug-likeness (QED) is 0.371. The van der Waals surface area contributed by atoms with Crippen molar-refractivity contribution in [1.82, 2.24) is 19.4 Å². The summed E-state index contributed by atoms with van der Waals surface area (Å²) in [6.45, 7) is 10.0. The minimum atomic E-state index is -4.51. The van der Waals surface area contributed by atoms with Gasteiger partial charge in [0, 0.05) is 26.6 Å². The second-order valence-corrected chi connectivity index (χ2v) is 14.5. The molecule has 1 aliphatic rings. The number of amides is 2. The van der Waals surface area contributed by atoms with Crippen LogP contribution >= 0.6 is 0 Å². The number of rotatable bonds is 11. The SMILES string of the molecule is Cc1ccc(S(=O)(=O)N(C(=O)[C@@H]2CCCN2)[C@@](C)(Cc2ccc(OC(=O)N(C)CCN(C)C)cc2)C(=O)OC(C)(C)C)cc1. The Kier molecular flexibility index (Phi) is 11.2. The van der Waals surface area contributed by atoms with Crippen molar-refractivity contribution >= 4 is 28.0 Å². The van der Waals surface area contributed by atoms with Crippen LogP contribution in [-0.2, 0) is 30.8 Å². The lowest BCUT2D eigenvalue weighted by Crippen LogP contribution is -2.63. The fourth-order valence-electron chi connectivity index (χ4n) is 4.79. The van der Waals surface area contributed by atoms with E-state index in [0.717, 1.165) is 9.87 Å². The van der Waals surface area contributed by atoms with Crippen LogP contribution in [0.2, 0.25) is 0 Å². The maximum absolute atomic E-state index is 14.3. The molecule has 1 saturated heterocycles. The lowest BCUT2D eigenvalue weighted by Gasteiger charge is -2.41. The fraction of sp³-hybridized carbons (Fsp3) is 0.531. The summed E-state index contributed by atoms with van der Waals surface area (Å²) in [7, 11) is 0.952. The highest BCUT2D eigenvalue weighted by Crippen LogP contribution is 2.33. The van der Waals surface area contributed by atoms with Crippen LogP contribution in [0.15, 0.2) is 53.4 Å². The first kappa shape index (κ1) is 35.0. The molecule has 1 N–H and O–H groups in total. The van der Waals surface area contributed by atoms with Crippen molar-refractivity contribution in [3.63, 3.8) is 0 Å². The van der Waals surface area contributed by atoms with Crippen molar-refractivity contribution in [2.24, 2.45) is 0 Å². The predicted molar refractivity (Wildman–Crippen MR) is 168 cm³/mol. The molecule has 0 bridgehead atoms. The van der Waals surface area contributed by atoms with Crippen molar-refractivity contribution in [1.29, 1.82) is 0 Å². The van der Waals surface area contributed by atoms with Gasteiger partial charge >= 0.3 is 12.1 Å². The van der Waals surface area contributed by atoms with E-state index in [-0.39, 0.29) is 17.1 Å². The molecule has 2 aromatic carbocycles. The summed E-state index contributed by atoms with van der Waals surface area (Å²) in [6.07, 6.45) is 0.431. The van der Waals surface area contributed by atoms with Crippen molar-refractivity contribution in [3.8, 4) is 5.75 Å². The zero-order valence-electron chi connectivity index (χ0n) is 27.0. The molecule has 2 aromatic rings. The third-order valence-electron chi connectivity index (χ3n) is 7.28. The highest BCUT2D eigenvalue weighted by Gasteiger charge is 2.53. The van der Waals surface area contributed by atoms with Gasteiger partial charge in [-0.1, -0.05) is 29.8 Å². The number of hydrogen-bond donors (Lipinski definition) is 1. The number of carbonyl (C=O) groups excluding carboxylic acids is 3. The smallest absolute Gasteiger partial charge is 0.415 e. The molecule has 11 nitrogen and oxygen atoms in total. The summed E-state index contributed by atoms with van der Waals surface area (Å²) in [4.78, 5) is 43.9. The van der Waals surface area contributed by atoms with Crippen molar-refractivity contribution in [3.05, 3.63) is 59.7 Å². The Morgan fingerprint density at radius 2 is 1.55 bits per heavy atom. The first-order valence-corrected chi connectivity index (χ1v) is 16.2. The molecule has 3 rings (SSSR count). The topological polar surface area (TPSA) is 126 Å². The maximum Gasteiger partial charge on any atom is 0.415 e. The number of sulfonamides is 1. The van der Waals surface area contributed by atoms with E-state index in [2.05, 4.69) is 5.32 Å². The number of aryl methyl sites for hydroxylation is 1. The Balaban J connectivity index is 2.03. The lowest BCUT2D eigenvalue weighted by molar-refractivity contribution is -0.169. The average Bonchev–Trinajstić information content (AvgIpc) is 3.47. The first-order valence-electron chi connectivity index (χ1n) is 14.7. The van der Waals surface area contributed by atoms with E-state index < -0.39 is 45.2 Å². The predicted octanol–water partition coefficient (Wildman–Crippen LogP) is 3.60. The van der Waals surface area contributed by atoms with E-state index in [1.807, 2.05) is 25.9 Å². The van der Waals surface area contributed by atoms with E-state index in [9.17, 15) is 22.8 Å². The van der Waals surface area contributed by atoms with Crippen LogP contribution in [0.5, 0.6) is 5.75 Å². The Morgan fingerprint density at radius 3 is 2.07 bits per heavy atom. The molecular weight excluding hydrogens is 584 g/mol. The lowest BCUT2D eigenvalue weighted by atomic mass is 9.91. The molecule has 12 heteroatoms. The van der Waals surface area contributed by atoms with Gasteiger partial charge in [-0.2, -0.15) is 0 Å². The van der Waals surface area contributed by atoms with Crippen LogP contribution in [-0.4, -0.2) is 98.5 Å². The number of likely N-dealkylation sites (N-methyl/N-ethyl adjacent to an activating group) is 2. The number of carbonyl (C=O) groups is 3. The van der Waals surface area contributed by atoms with Gasteiger partial charge in [0.25, 0.3) is 15.9 Å². The van der Waals surface area contributed by atoms with Gasteiger partial charge in [-0.25, -0.2) is 22.3 Å². The molecule has 0 radical (unpaired) electrons. The van der Waals surface area contributed by atoms with Crippen molar-refractivity contribution in [2.75, 3.05) is 40.8 Å². The number of nitrogens with zero attached hydrogens (tertiary/aromatic N) is 3. The second kappa shape index (κ2) is 14.1. The Hall–Kier alpha value is -3.48. The molecule has 44 heavy (non-hydrogen) atoms. The van der Waals surface area contributed by atoms with Gasteiger partial charge in [0.15, 0.2) is 5.54 Å². The molecule has 0 aromatic heterocycles. The standard InChI is InChI=1S/C32H46N4O7S/c1-23-11-17-26(18-12-23)44(40,41)36(28(37)27-10-9-19-33-27)32(5,29(38)43-31(2,3)4)22-24-13-15-25(16-14-24)42-30(39)35(8)21-20-34(6)7/h11-18,27,33H,9-10,19-22H2,1-8H3/t27-,32-/m0/s1. The molecule has 242 valence electrons. The first-order chi connectivity index (χ1) is 20.4. The van der Waals surface area contributed by atoms with Crippen LogP contribution in [0.25, 0.3) is 0 Å². The molecule has 0 unspecified atom stereocenters. The molecule has 0 aliphatic carbocycles. The number of hydrogen-bond acceptors (Lipinski definition) is 9. The Labute approximate surface area is 261 Å². The molecule has 1 fully saturated rings. The number of esters is 1.